The highest BCUT2D eigenvalue weighted by Crippen LogP contribution is 2.39. The molecule has 1 aliphatic rings. The number of aliphatic hydroxyl groups is 1. The standard InChI is InChI=1S/C30H33N7O5/c1-39-22-9-7-19(8-10-22)23-11-12-24-29(33-30(34-37(23)24)36-13-5-6-20(36)17-38)32-27-16-35(18-31-27)21-14-25(40-2)28(42-4)26(15-21)41-3/h7-12,14-16,18,20,38H,5-6,13,17H2,1-4H3,(H,32,33,34)/t20-/m0/s1. The van der Waals surface area contributed by atoms with Gasteiger partial charge < -0.3 is 38.8 Å². The average molecular weight is 572 g/mol. The van der Waals surface area contributed by atoms with Crippen LogP contribution in [0.2, 0.25) is 0 Å². The predicted octanol–water partition coefficient (Wildman–Crippen LogP) is 4.32. The minimum Gasteiger partial charge on any atom is -0.497 e. The van der Waals surface area contributed by atoms with Crippen LogP contribution < -0.4 is 29.2 Å². The molecule has 0 bridgehead atoms. The van der Waals surface area contributed by atoms with E-state index >= 15 is 0 Å². The van der Waals surface area contributed by atoms with Crippen LogP contribution in [0.4, 0.5) is 17.6 Å². The van der Waals surface area contributed by atoms with E-state index in [9.17, 15) is 5.11 Å². The van der Waals surface area contributed by atoms with E-state index < -0.39 is 0 Å². The van der Waals surface area contributed by atoms with Crippen molar-refractivity contribution in [2.75, 3.05) is 51.8 Å². The second-order valence-electron chi connectivity index (χ2n) is 9.85. The van der Waals surface area contributed by atoms with Crippen molar-refractivity contribution in [2.24, 2.45) is 0 Å². The lowest BCUT2D eigenvalue weighted by molar-refractivity contribution is 0.265. The molecule has 5 aromatic rings. The maximum atomic E-state index is 10.0. The highest BCUT2D eigenvalue weighted by molar-refractivity contribution is 5.78. The molecule has 3 aromatic heterocycles. The van der Waals surface area contributed by atoms with E-state index in [1.807, 2.05) is 63.8 Å². The van der Waals surface area contributed by atoms with Gasteiger partial charge in [-0.2, -0.15) is 4.98 Å². The maximum Gasteiger partial charge on any atom is 0.245 e. The predicted molar refractivity (Wildman–Crippen MR) is 159 cm³/mol. The third-order valence-corrected chi connectivity index (χ3v) is 7.51. The zero-order valence-corrected chi connectivity index (χ0v) is 23.9. The van der Waals surface area contributed by atoms with Crippen molar-refractivity contribution in [1.29, 1.82) is 0 Å². The topological polar surface area (TPSA) is 120 Å². The summed E-state index contributed by atoms with van der Waals surface area (Å²) in [5.74, 6) is 4.10. The van der Waals surface area contributed by atoms with Gasteiger partial charge in [-0.1, -0.05) is 0 Å². The van der Waals surface area contributed by atoms with Gasteiger partial charge >= 0.3 is 0 Å². The van der Waals surface area contributed by atoms with Crippen molar-refractivity contribution in [3.05, 3.63) is 61.1 Å². The molecule has 1 atom stereocenters. The first-order chi connectivity index (χ1) is 20.6. The van der Waals surface area contributed by atoms with Gasteiger partial charge in [0.2, 0.25) is 11.7 Å². The minimum atomic E-state index is -0.0328. The highest BCUT2D eigenvalue weighted by Gasteiger charge is 2.28. The Morgan fingerprint density at radius 3 is 2.38 bits per heavy atom. The average Bonchev–Trinajstić information content (AvgIpc) is 3.80. The molecule has 12 nitrogen and oxygen atoms in total. The zero-order chi connectivity index (χ0) is 29.2. The first-order valence-electron chi connectivity index (χ1n) is 13.6. The number of aliphatic hydroxyl groups excluding tert-OH is 1. The lowest BCUT2D eigenvalue weighted by atomic mass is 10.1. The Bertz CT molecular complexity index is 1670. The van der Waals surface area contributed by atoms with E-state index in [0.29, 0.717) is 34.8 Å². The number of methoxy groups -OCH3 is 4. The molecule has 1 fully saturated rings. The summed E-state index contributed by atoms with van der Waals surface area (Å²) in [6.45, 7) is 0.811. The van der Waals surface area contributed by atoms with Crippen molar-refractivity contribution < 1.29 is 24.1 Å². The summed E-state index contributed by atoms with van der Waals surface area (Å²) in [6.07, 6.45) is 5.41. The van der Waals surface area contributed by atoms with E-state index in [-0.39, 0.29) is 12.6 Å². The van der Waals surface area contributed by atoms with Gasteiger partial charge in [0.25, 0.3) is 0 Å². The number of nitrogens with one attached hydrogen (secondary N) is 1. The number of hydrogen-bond donors (Lipinski definition) is 2. The fraction of sp³-hybridized carbons (Fsp3) is 0.300. The summed E-state index contributed by atoms with van der Waals surface area (Å²) in [7, 11) is 6.39. The second-order valence-corrected chi connectivity index (χ2v) is 9.85. The number of benzene rings is 2. The monoisotopic (exact) mass is 571 g/mol. The van der Waals surface area contributed by atoms with E-state index in [1.165, 1.54) is 0 Å². The lowest BCUT2D eigenvalue weighted by Crippen LogP contribution is -2.34. The van der Waals surface area contributed by atoms with Gasteiger partial charge in [0.15, 0.2) is 17.3 Å². The third-order valence-electron chi connectivity index (χ3n) is 7.51. The van der Waals surface area contributed by atoms with E-state index in [1.54, 1.807) is 34.8 Å². The molecule has 0 radical (unpaired) electrons. The summed E-state index contributed by atoms with van der Waals surface area (Å²) in [4.78, 5) is 11.6. The van der Waals surface area contributed by atoms with Gasteiger partial charge in [-0.05, 0) is 49.2 Å². The molecule has 1 aliphatic heterocycles. The van der Waals surface area contributed by atoms with Gasteiger partial charge in [0.1, 0.15) is 23.4 Å². The zero-order valence-electron chi connectivity index (χ0n) is 23.9. The fourth-order valence-electron chi connectivity index (χ4n) is 5.33. The summed E-state index contributed by atoms with van der Waals surface area (Å²) in [6, 6.07) is 15.5. The molecular formula is C30H33N7O5. The van der Waals surface area contributed by atoms with Gasteiger partial charge in [-0.25, -0.2) is 9.50 Å². The molecule has 6 rings (SSSR count). The number of nitrogens with zero attached hydrogens (tertiary/aromatic N) is 6. The highest BCUT2D eigenvalue weighted by atomic mass is 16.5. The molecule has 0 amide bonds. The Morgan fingerprint density at radius 2 is 1.71 bits per heavy atom. The van der Waals surface area contributed by atoms with Gasteiger partial charge in [0, 0.05) is 24.2 Å². The quantitative estimate of drug-likeness (QED) is 0.251. The molecule has 0 spiro atoms. The van der Waals surface area contributed by atoms with Crippen LogP contribution in [-0.4, -0.2) is 76.9 Å². The van der Waals surface area contributed by atoms with Crippen LogP contribution in [0.1, 0.15) is 12.8 Å². The number of aromatic nitrogens is 5. The third kappa shape index (κ3) is 4.90. The lowest BCUT2D eigenvalue weighted by Gasteiger charge is -2.23. The van der Waals surface area contributed by atoms with Crippen LogP contribution in [0, 0.1) is 0 Å². The maximum absolute atomic E-state index is 10.0. The molecule has 0 saturated carbocycles. The number of ether oxygens (including phenoxy) is 4. The number of fused-ring (bicyclic) bond motifs is 1. The molecule has 42 heavy (non-hydrogen) atoms. The minimum absolute atomic E-state index is 0.0328. The summed E-state index contributed by atoms with van der Waals surface area (Å²) in [5.41, 5.74) is 3.46. The Kier molecular flexibility index (Phi) is 7.44. The van der Waals surface area contributed by atoms with E-state index in [4.69, 9.17) is 29.0 Å². The Morgan fingerprint density at radius 1 is 0.952 bits per heavy atom. The van der Waals surface area contributed by atoms with Crippen molar-refractivity contribution in [2.45, 2.75) is 18.9 Å². The first kappa shape index (κ1) is 27.2. The van der Waals surface area contributed by atoms with Gasteiger partial charge in [-0.3, -0.25) is 0 Å². The van der Waals surface area contributed by atoms with Crippen molar-refractivity contribution in [1.82, 2.24) is 24.1 Å². The molecule has 12 heteroatoms. The molecular weight excluding hydrogens is 538 g/mol. The smallest absolute Gasteiger partial charge is 0.245 e. The summed E-state index contributed by atoms with van der Waals surface area (Å²) in [5, 5.41) is 18.3. The molecule has 0 unspecified atom stereocenters. The molecule has 1 saturated heterocycles. The number of imidazole rings is 1. The van der Waals surface area contributed by atoms with Crippen LogP contribution in [0.25, 0.3) is 22.5 Å². The normalized spacial score (nSPS) is 14.8. The summed E-state index contributed by atoms with van der Waals surface area (Å²) < 4.78 is 25.6. The molecule has 2 N–H and O–H groups in total. The van der Waals surface area contributed by atoms with E-state index in [0.717, 1.165) is 47.6 Å². The van der Waals surface area contributed by atoms with Crippen molar-refractivity contribution >= 4 is 23.1 Å². The largest absolute Gasteiger partial charge is 0.497 e. The van der Waals surface area contributed by atoms with E-state index in [2.05, 4.69) is 15.2 Å². The van der Waals surface area contributed by atoms with Crippen LogP contribution in [-0.2, 0) is 0 Å². The first-order valence-corrected chi connectivity index (χ1v) is 13.6. The van der Waals surface area contributed by atoms with Crippen LogP contribution >= 0.6 is 0 Å². The Hall–Kier alpha value is -4.97. The van der Waals surface area contributed by atoms with Gasteiger partial charge in [-0.15, -0.1) is 5.10 Å². The second kappa shape index (κ2) is 11.5. The van der Waals surface area contributed by atoms with Crippen LogP contribution in [0.5, 0.6) is 23.0 Å². The van der Waals surface area contributed by atoms with Crippen LogP contribution in [0.15, 0.2) is 61.1 Å². The van der Waals surface area contributed by atoms with Crippen LogP contribution in [0.3, 0.4) is 0 Å². The van der Waals surface area contributed by atoms with Crippen molar-refractivity contribution in [3.63, 3.8) is 0 Å². The van der Waals surface area contributed by atoms with Crippen molar-refractivity contribution in [3.8, 4) is 39.9 Å². The number of anilines is 3. The molecule has 0 aliphatic carbocycles. The molecule has 2 aromatic carbocycles. The Labute approximate surface area is 243 Å². The number of hydrogen-bond acceptors (Lipinski definition) is 10. The molecule has 218 valence electrons. The fourth-order valence-corrected chi connectivity index (χ4v) is 5.33. The summed E-state index contributed by atoms with van der Waals surface area (Å²) >= 11 is 0. The van der Waals surface area contributed by atoms with Gasteiger partial charge in [0.05, 0.1) is 58.7 Å². The number of rotatable bonds is 10. The SMILES string of the molecule is COc1ccc(-c2ccc3c(Nc4cn(-c5cc(OC)c(OC)c(OC)c5)cn4)nc(N4CCC[C@H]4CO)nn23)cc1. The molecule has 4 heterocycles. The Balaban J connectivity index is 1.40.